The molecule has 0 unspecified atom stereocenters. The molecule has 0 saturated carbocycles. The van der Waals surface area contributed by atoms with Crippen LogP contribution < -0.4 is 5.69 Å². The van der Waals surface area contributed by atoms with Crippen molar-refractivity contribution in [1.29, 1.82) is 0 Å². The van der Waals surface area contributed by atoms with Crippen molar-refractivity contribution in [3.63, 3.8) is 0 Å². The van der Waals surface area contributed by atoms with Gasteiger partial charge >= 0.3 is 5.69 Å². The minimum atomic E-state index is -0.434. The minimum Gasteiger partial charge on any atom is -0.297 e. The first-order valence-corrected chi connectivity index (χ1v) is 4.44. The van der Waals surface area contributed by atoms with E-state index in [2.05, 4.69) is 5.10 Å². The molecule has 0 radical (unpaired) electrons. The number of nitrogens with zero attached hydrogens (tertiary/aromatic N) is 3. The summed E-state index contributed by atoms with van der Waals surface area (Å²) in [6.45, 7) is 5.51. The fourth-order valence-electron chi connectivity index (χ4n) is 0.902. The number of hydrogen-bond acceptors (Lipinski definition) is 3. The van der Waals surface area contributed by atoms with Crippen LogP contribution in [0.1, 0.15) is 20.8 Å². The number of ketones is 1. The maximum absolute atomic E-state index is 11.6. The first-order valence-electron chi connectivity index (χ1n) is 4.44. The molecule has 0 aliphatic carbocycles. The molecule has 0 aromatic carbocycles. The van der Waals surface area contributed by atoms with Gasteiger partial charge in [0.2, 0.25) is 0 Å². The molecule has 0 N–H and O–H groups in total. The summed E-state index contributed by atoms with van der Waals surface area (Å²) in [5, 5.41) is 3.82. The van der Waals surface area contributed by atoms with Crippen molar-refractivity contribution >= 4 is 5.78 Å². The van der Waals surface area contributed by atoms with Crippen LogP contribution in [0.4, 0.5) is 0 Å². The third kappa shape index (κ3) is 2.10. The first kappa shape index (κ1) is 10.7. The van der Waals surface area contributed by atoms with Crippen molar-refractivity contribution in [2.24, 2.45) is 12.5 Å². The Balaban J connectivity index is 2.86. The normalized spacial score (nSPS) is 11.7. The molecule has 1 heterocycles. The number of hydrogen-bond donors (Lipinski definition) is 0. The van der Waals surface area contributed by atoms with Gasteiger partial charge in [0.05, 0.1) is 0 Å². The van der Waals surface area contributed by atoms with Crippen LogP contribution >= 0.6 is 0 Å². The maximum atomic E-state index is 11.6. The lowest BCUT2D eigenvalue weighted by Crippen LogP contribution is -2.31. The highest BCUT2D eigenvalue weighted by Crippen LogP contribution is 2.14. The van der Waals surface area contributed by atoms with E-state index in [-0.39, 0.29) is 18.0 Å². The Morgan fingerprint density at radius 1 is 1.50 bits per heavy atom. The van der Waals surface area contributed by atoms with Crippen molar-refractivity contribution < 1.29 is 4.79 Å². The molecule has 0 bridgehead atoms. The Kier molecular flexibility index (Phi) is 2.59. The monoisotopic (exact) mass is 197 g/mol. The highest BCUT2D eigenvalue weighted by molar-refractivity contribution is 5.83. The smallest absolute Gasteiger partial charge is 0.297 e. The van der Waals surface area contributed by atoms with E-state index < -0.39 is 5.41 Å². The van der Waals surface area contributed by atoms with Crippen molar-refractivity contribution in [2.75, 3.05) is 0 Å². The Morgan fingerprint density at radius 2 is 2.07 bits per heavy atom. The van der Waals surface area contributed by atoms with E-state index in [4.69, 9.17) is 0 Å². The van der Waals surface area contributed by atoms with Gasteiger partial charge in [0.25, 0.3) is 0 Å². The summed E-state index contributed by atoms with van der Waals surface area (Å²) in [4.78, 5) is 22.9. The van der Waals surface area contributed by atoms with Gasteiger partial charge in [-0.3, -0.25) is 9.36 Å². The van der Waals surface area contributed by atoms with E-state index >= 15 is 0 Å². The maximum Gasteiger partial charge on any atom is 0.345 e. The number of carbonyl (C=O) groups is 1. The van der Waals surface area contributed by atoms with Crippen LogP contribution in [0.15, 0.2) is 11.1 Å². The Labute approximate surface area is 82.3 Å². The van der Waals surface area contributed by atoms with E-state index in [1.54, 1.807) is 7.05 Å². The molecule has 1 aromatic rings. The zero-order valence-electron chi connectivity index (χ0n) is 8.94. The second kappa shape index (κ2) is 3.40. The molecule has 1 rings (SSSR count). The molecule has 0 aliphatic heterocycles. The fraction of sp³-hybridized carbons (Fsp3) is 0.667. The third-order valence-corrected chi connectivity index (χ3v) is 2.02. The van der Waals surface area contributed by atoms with Gasteiger partial charge in [-0.15, -0.1) is 0 Å². The second-order valence-electron chi connectivity index (χ2n) is 4.36. The summed E-state index contributed by atoms with van der Waals surface area (Å²) >= 11 is 0. The molecule has 0 amide bonds. The number of aryl methyl sites for hydroxylation is 1. The lowest BCUT2D eigenvalue weighted by atomic mass is 9.91. The molecule has 1 aromatic heterocycles. The highest BCUT2D eigenvalue weighted by Gasteiger charge is 2.22. The molecule has 5 heteroatoms. The van der Waals surface area contributed by atoms with Gasteiger partial charge in [-0.1, -0.05) is 20.8 Å². The van der Waals surface area contributed by atoms with Crippen LogP contribution in [-0.4, -0.2) is 20.1 Å². The lowest BCUT2D eigenvalue weighted by Gasteiger charge is -2.15. The Hall–Kier alpha value is -1.39. The van der Waals surface area contributed by atoms with E-state index in [0.29, 0.717) is 0 Å². The largest absolute Gasteiger partial charge is 0.345 e. The van der Waals surface area contributed by atoms with Gasteiger partial charge in [-0.2, -0.15) is 5.10 Å². The van der Waals surface area contributed by atoms with Gasteiger partial charge in [-0.25, -0.2) is 9.48 Å². The molecule has 0 saturated heterocycles. The molecule has 0 atom stereocenters. The van der Waals surface area contributed by atoms with Crippen LogP contribution in [0.25, 0.3) is 0 Å². The summed E-state index contributed by atoms with van der Waals surface area (Å²) in [6, 6.07) is 0. The first-order chi connectivity index (χ1) is 6.32. The lowest BCUT2D eigenvalue weighted by molar-refractivity contribution is -0.127. The summed E-state index contributed by atoms with van der Waals surface area (Å²) in [5.41, 5.74) is -0.695. The van der Waals surface area contributed by atoms with Crippen molar-refractivity contribution in [3.05, 3.63) is 16.8 Å². The molecule has 0 fully saturated rings. The molecule has 5 nitrogen and oxygen atoms in total. The van der Waals surface area contributed by atoms with E-state index in [9.17, 15) is 9.59 Å². The van der Waals surface area contributed by atoms with Crippen molar-refractivity contribution in [2.45, 2.75) is 27.3 Å². The highest BCUT2D eigenvalue weighted by atomic mass is 16.2. The van der Waals surface area contributed by atoms with Gasteiger partial charge in [0.15, 0.2) is 5.78 Å². The van der Waals surface area contributed by atoms with Gasteiger partial charge in [0, 0.05) is 12.5 Å². The minimum absolute atomic E-state index is 0.00157. The van der Waals surface area contributed by atoms with E-state index in [1.165, 1.54) is 15.6 Å². The van der Waals surface area contributed by atoms with Crippen LogP contribution in [0.5, 0.6) is 0 Å². The van der Waals surface area contributed by atoms with E-state index in [0.717, 1.165) is 0 Å². The van der Waals surface area contributed by atoms with Crippen LogP contribution in [-0.2, 0) is 18.4 Å². The summed E-state index contributed by atoms with van der Waals surface area (Å²) in [7, 11) is 1.60. The van der Waals surface area contributed by atoms with Crippen molar-refractivity contribution in [1.82, 2.24) is 14.3 Å². The number of aromatic nitrogens is 3. The molecule has 0 spiro atoms. The molecular formula is C9H15N3O2. The SMILES string of the molecule is Cn1cnn(CC(=O)C(C)(C)C)c1=O. The van der Waals surface area contributed by atoms with Crippen LogP contribution in [0.2, 0.25) is 0 Å². The van der Waals surface area contributed by atoms with Gasteiger partial charge in [0.1, 0.15) is 12.9 Å². The summed E-state index contributed by atoms with van der Waals surface area (Å²) < 4.78 is 2.52. The quantitative estimate of drug-likeness (QED) is 0.680. The number of carbonyl (C=O) groups excluding carboxylic acids is 1. The topological polar surface area (TPSA) is 56.9 Å². The number of rotatable bonds is 2. The second-order valence-corrected chi connectivity index (χ2v) is 4.36. The van der Waals surface area contributed by atoms with Gasteiger partial charge < -0.3 is 0 Å². The summed E-state index contributed by atoms with van der Waals surface area (Å²) in [6.07, 6.45) is 1.40. The van der Waals surface area contributed by atoms with Crippen LogP contribution in [0, 0.1) is 5.41 Å². The average molecular weight is 197 g/mol. The Morgan fingerprint density at radius 3 is 2.43 bits per heavy atom. The molecule has 78 valence electrons. The zero-order valence-corrected chi connectivity index (χ0v) is 8.94. The molecule has 0 aliphatic rings. The van der Waals surface area contributed by atoms with Gasteiger partial charge in [-0.05, 0) is 0 Å². The predicted octanol–water partition coefficient (Wildman–Crippen LogP) is 0.197. The molecular weight excluding hydrogens is 182 g/mol. The third-order valence-electron chi connectivity index (χ3n) is 2.02. The predicted molar refractivity (Wildman–Crippen MR) is 51.9 cm³/mol. The zero-order chi connectivity index (χ0) is 10.9. The van der Waals surface area contributed by atoms with E-state index in [1.807, 2.05) is 20.8 Å². The van der Waals surface area contributed by atoms with Crippen LogP contribution in [0.3, 0.4) is 0 Å². The Bertz CT molecular complexity index is 395. The average Bonchev–Trinajstić information content (AvgIpc) is 2.34. The summed E-state index contributed by atoms with van der Waals surface area (Å²) in [5.74, 6) is -0.00157. The molecule has 14 heavy (non-hydrogen) atoms. The number of Topliss-reactive ketones (excluding diaryl/α,β-unsaturated/α-hetero) is 1. The fourth-order valence-corrected chi connectivity index (χ4v) is 0.902. The van der Waals surface area contributed by atoms with Crippen molar-refractivity contribution in [3.8, 4) is 0 Å². The standard InChI is InChI=1S/C9H15N3O2/c1-9(2,3)7(13)5-12-8(14)11(4)6-10-12/h6H,5H2,1-4H3.